The van der Waals surface area contributed by atoms with Crippen molar-refractivity contribution in [1.29, 1.82) is 0 Å². The highest BCUT2D eigenvalue weighted by molar-refractivity contribution is 7.09. The molecule has 0 N–H and O–H groups in total. The molecular weight excluding hydrogens is 310 g/mol. The number of aryl methyl sites for hydroxylation is 1. The van der Waals surface area contributed by atoms with Gasteiger partial charge in [0.2, 0.25) is 11.0 Å². The van der Waals surface area contributed by atoms with Crippen LogP contribution in [0.4, 0.5) is 5.13 Å². The molecule has 0 saturated carbocycles. The first-order valence-corrected chi connectivity index (χ1v) is 9.61. The topological polar surface area (TPSA) is 52.6 Å². The summed E-state index contributed by atoms with van der Waals surface area (Å²) in [6.45, 7) is 8.29. The molecule has 2 fully saturated rings. The number of anilines is 1. The molecule has 3 rings (SSSR count). The molecule has 1 amide bonds. The van der Waals surface area contributed by atoms with Gasteiger partial charge in [0.15, 0.2) is 0 Å². The number of hydrogen-bond donors (Lipinski definition) is 0. The predicted molar refractivity (Wildman–Crippen MR) is 93.0 cm³/mol. The lowest BCUT2D eigenvalue weighted by Gasteiger charge is -2.35. The highest BCUT2D eigenvalue weighted by atomic mass is 32.1. The van der Waals surface area contributed by atoms with Gasteiger partial charge in [-0.15, -0.1) is 0 Å². The molecule has 0 spiro atoms. The van der Waals surface area contributed by atoms with Crippen LogP contribution in [0.5, 0.6) is 0 Å². The van der Waals surface area contributed by atoms with E-state index in [1.807, 2.05) is 0 Å². The Labute approximate surface area is 142 Å². The van der Waals surface area contributed by atoms with Gasteiger partial charge in [0.1, 0.15) is 5.82 Å². The Kier molecular flexibility index (Phi) is 5.83. The van der Waals surface area contributed by atoms with Gasteiger partial charge in [0, 0.05) is 57.2 Å². The number of carbonyl (C=O) groups is 1. The summed E-state index contributed by atoms with van der Waals surface area (Å²) in [4.78, 5) is 23.7. The minimum atomic E-state index is 0.310. The van der Waals surface area contributed by atoms with E-state index < -0.39 is 0 Å². The number of amides is 1. The molecule has 6 nitrogen and oxygen atoms in total. The third-order valence-corrected chi connectivity index (χ3v) is 5.55. The third-order valence-electron chi connectivity index (χ3n) is 4.73. The summed E-state index contributed by atoms with van der Waals surface area (Å²) in [6, 6.07) is 0. The lowest BCUT2D eigenvalue weighted by Crippen LogP contribution is -2.50. The van der Waals surface area contributed by atoms with Gasteiger partial charge in [-0.3, -0.25) is 9.69 Å². The van der Waals surface area contributed by atoms with Crippen LogP contribution in [-0.4, -0.2) is 70.9 Å². The summed E-state index contributed by atoms with van der Waals surface area (Å²) >= 11 is 1.49. The van der Waals surface area contributed by atoms with Crippen molar-refractivity contribution in [2.45, 2.75) is 39.0 Å². The summed E-state index contributed by atoms with van der Waals surface area (Å²) in [6.07, 6.45) is 5.75. The van der Waals surface area contributed by atoms with E-state index in [1.54, 1.807) is 0 Å². The van der Waals surface area contributed by atoms with Crippen LogP contribution in [0.25, 0.3) is 0 Å². The van der Waals surface area contributed by atoms with Gasteiger partial charge in [0.05, 0.1) is 6.54 Å². The van der Waals surface area contributed by atoms with E-state index in [0.29, 0.717) is 12.5 Å². The van der Waals surface area contributed by atoms with Gasteiger partial charge in [-0.2, -0.15) is 4.37 Å². The third kappa shape index (κ3) is 4.41. The average Bonchev–Trinajstić information content (AvgIpc) is 2.89. The van der Waals surface area contributed by atoms with Crippen molar-refractivity contribution < 1.29 is 4.79 Å². The first kappa shape index (κ1) is 16.6. The number of hydrogen-bond acceptors (Lipinski definition) is 6. The van der Waals surface area contributed by atoms with Crippen molar-refractivity contribution in [1.82, 2.24) is 19.2 Å². The number of likely N-dealkylation sites (tertiary alicyclic amines) is 1. The largest absolute Gasteiger partial charge is 0.344 e. The Morgan fingerprint density at radius 3 is 2.35 bits per heavy atom. The first-order chi connectivity index (χ1) is 11.3. The van der Waals surface area contributed by atoms with Crippen LogP contribution in [-0.2, 0) is 11.2 Å². The maximum Gasteiger partial charge on any atom is 0.236 e. The summed E-state index contributed by atoms with van der Waals surface area (Å²) in [5.41, 5.74) is 0. The van der Waals surface area contributed by atoms with E-state index in [2.05, 4.69) is 31.0 Å². The van der Waals surface area contributed by atoms with Gasteiger partial charge in [-0.05, 0) is 12.8 Å². The summed E-state index contributed by atoms with van der Waals surface area (Å²) in [7, 11) is 0. The smallest absolute Gasteiger partial charge is 0.236 e. The van der Waals surface area contributed by atoms with Crippen molar-refractivity contribution in [2.24, 2.45) is 0 Å². The zero-order valence-electron chi connectivity index (χ0n) is 14.0. The van der Waals surface area contributed by atoms with Gasteiger partial charge in [0.25, 0.3) is 0 Å². The Hall–Kier alpha value is -1.21. The molecule has 0 aromatic carbocycles. The fourth-order valence-corrected chi connectivity index (χ4v) is 4.03. The number of nitrogens with zero attached hydrogens (tertiary/aromatic N) is 5. The summed E-state index contributed by atoms with van der Waals surface area (Å²) in [5, 5.41) is 1.03. The van der Waals surface area contributed by atoms with Gasteiger partial charge in [-0.1, -0.05) is 19.8 Å². The fourth-order valence-electron chi connectivity index (χ4n) is 3.23. The van der Waals surface area contributed by atoms with Crippen LogP contribution in [0.3, 0.4) is 0 Å². The number of aromatic nitrogens is 2. The molecule has 0 aliphatic carbocycles. The van der Waals surface area contributed by atoms with Crippen molar-refractivity contribution in [2.75, 3.05) is 50.7 Å². The van der Waals surface area contributed by atoms with E-state index in [-0.39, 0.29) is 0 Å². The molecule has 128 valence electrons. The molecule has 0 atom stereocenters. The van der Waals surface area contributed by atoms with Crippen LogP contribution in [0.1, 0.15) is 38.4 Å². The second kappa shape index (κ2) is 8.06. The Balaban J connectivity index is 1.46. The highest BCUT2D eigenvalue weighted by Gasteiger charge is 2.23. The molecule has 23 heavy (non-hydrogen) atoms. The zero-order chi connectivity index (χ0) is 16.1. The normalized spacial score (nSPS) is 20.6. The Morgan fingerprint density at radius 2 is 1.74 bits per heavy atom. The van der Waals surface area contributed by atoms with E-state index in [9.17, 15) is 4.79 Å². The summed E-state index contributed by atoms with van der Waals surface area (Å²) in [5.74, 6) is 1.24. The fraction of sp³-hybridized carbons (Fsp3) is 0.812. The molecule has 1 aromatic heterocycles. The van der Waals surface area contributed by atoms with Gasteiger partial charge >= 0.3 is 0 Å². The SMILES string of the molecule is CCc1nsc(N2CCN(CC(=O)N3CCCCCC3)CC2)n1. The Bertz CT molecular complexity index is 504. The van der Waals surface area contributed by atoms with E-state index in [0.717, 1.165) is 69.5 Å². The highest BCUT2D eigenvalue weighted by Crippen LogP contribution is 2.19. The van der Waals surface area contributed by atoms with E-state index >= 15 is 0 Å². The van der Waals surface area contributed by atoms with Crippen LogP contribution < -0.4 is 4.90 Å². The van der Waals surface area contributed by atoms with E-state index in [1.165, 1.54) is 24.4 Å². The number of rotatable bonds is 4. The molecule has 0 unspecified atom stereocenters. The lowest BCUT2D eigenvalue weighted by molar-refractivity contribution is -0.132. The maximum absolute atomic E-state index is 12.5. The van der Waals surface area contributed by atoms with Gasteiger partial charge < -0.3 is 9.80 Å². The minimum absolute atomic E-state index is 0.310. The van der Waals surface area contributed by atoms with Crippen molar-refractivity contribution in [3.8, 4) is 0 Å². The van der Waals surface area contributed by atoms with Crippen molar-refractivity contribution in [3.63, 3.8) is 0 Å². The quantitative estimate of drug-likeness (QED) is 0.836. The van der Waals surface area contributed by atoms with Gasteiger partial charge in [-0.25, -0.2) is 4.98 Å². The van der Waals surface area contributed by atoms with Crippen LogP contribution >= 0.6 is 11.5 Å². The molecule has 2 aliphatic rings. The average molecular weight is 337 g/mol. The second-order valence-electron chi connectivity index (χ2n) is 6.40. The zero-order valence-corrected chi connectivity index (χ0v) is 14.9. The first-order valence-electron chi connectivity index (χ1n) is 8.84. The van der Waals surface area contributed by atoms with E-state index in [4.69, 9.17) is 0 Å². The van der Waals surface area contributed by atoms with Crippen LogP contribution in [0, 0.1) is 0 Å². The molecule has 2 aliphatic heterocycles. The molecule has 0 bridgehead atoms. The molecule has 1 aromatic rings. The lowest BCUT2D eigenvalue weighted by atomic mass is 10.2. The van der Waals surface area contributed by atoms with Crippen LogP contribution in [0.2, 0.25) is 0 Å². The maximum atomic E-state index is 12.5. The second-order valence-corrected chi connectivity index (χ2v) is 7.14. The monoisotopic (exact) mass is 337 g/mol. The van der Waals surface area contributed by atoms with Crippen molar-refractivity contribution in [3.05, 3.63) is 5.82 Å². The standard InChI is InChI=1S/C16H27N5OS/c1-2-14-17-16(23-18-14)21-11-9-19(10-12-21)13-15(22)20-7-5-3-4-6-8-20/h2-13H2,1H3. The molecule has 0 radical (unpaired) electrons. The molecule has 3 heterocycles. The molecule has 7 heteroatoms. The molecular formula is C16H27N5OS. The Morgan fingerprint density at radius 1 is 1.04 bits per heavy atom. The molecule has 2 saturated heterocycles. The minimum Gasteiger partial charge on any atom is -0.344 e. The van der Waals surface area contributed by atoms with Crippen LogP contribution in [0.15, 0.2) is 0 Å². The number of piperazine rings is 1. The summed E-state index contributed by atoms with van der Waals surface area (Å²) < 4.78 is 4.36. The van der Waals surface area contributed by atoms with Crippen molar-refractivity contribution >= 4 is 22.6 Å². The number of carbonyl (C=O) groups excluding carboxylic acids is 1. The predicted octanol–water partition coefficient (Wildman–Crippen LogP) is 1.63.